The summed E-state index contributed by atoms with van der Waals surface area (Å²) in [7, 11) is 1.83. The molecule has 1 fully saturated rings. The Bertz CT molecular complexity index is 472. The van der Waals surface area contributed by atoms with E-state index in [1.54, 1.807) is 0 Å². The van der Waals surface area contributed by atoms with Gasteiger partial charge >= 0.3 is 0 Å². The number of nitrogens with zero attached hydrogens (tertiary/aromatic N) is 2. The monoisotopic (exact) mass is 332 g/mol. The van der Waals surface area contributed by atoms with Crippen molar-refractivity contribution in [1.82, 2.24) is 15.5 Å². The fourth-order valence-electron chi connectivity index (χ4n) is 3.02. The van der Waals surface area contributed by atoms with Crippen LogP contribution in [0.4, 0.5) is 0 Å². The molecule has 1 aliphatic heterocycles. The summed E-state index contributed by atoms with van der Waals surface area (Å²) in [6.07, 6.45) is 3.67. The highest BCUT2D eigenvalue weighted by molar-refractivity contribution is 5.79. The Morgan fingerprint density at radius 1 is 1.17 bits per heavy atom. The molecule has 0 aliphatic carbocycles. The van der Waals surface area contributed by atoms with E-state index < -0.39 is 0 Å². The van der Waals surface area contributed by atoms with E-state index in [0.717, 1.165) is 45.4 Å². The van der Waals surface area contributed by atoms with Gasteiger partial charge in [0.15, 0.2) is 5.96 Å². The number of aliphatic imine (C=N–C) groups is 1. The van der Waals surface area contributed by atoms with Crippen molar-refractivity contribution in [3.63, 3.8) is 0 Å². The zero-order valence-corrected chi connectivity index (χ0v) is 15.1. The molecule has 1 aromatic carbocycles. The van der Waals surface area contributed by atoms with E-state index in [-0.39, 0.29) is 0 Å². The molecule has 1 unspecified atom stereocenters. The predicted molar refractivity (Wildman–Crippen MR) is 100 cm³/mol. The Morgan fingerprint density at radius 2 is 1.92 bits per heavy atom. The van der Waals surface area contributed by atoms with Crippen LogP contribution in [0.1, 0.15) is 37.8 Å². The standard InChI is InChI=1S/C19H32N4O/c1-3-4-8-11-21-19(20-2)22-16-18(17-9-6-5-7-10-17)23-12-14-24-15-13-23/h5-7,9-10,18H,3-4,8,11-16H2,1-2H3,(H2,20,21,22). The second-order valence-electron chi connectivity index (χ2n) is 6.16. The lowest BCUT2D eigenvalue weighted by Crippen LogP contribution is -2.46. The number of hydrogen-bond donors (Lipinski definition) is 2. The van der Waals surface area contributed by atoms with Crippen LogP contribution in [0.25, 0.3) is 0 Å². The van der Waals surface area contributed by atoms with Gasteiger partial charge in [0.25, 0.3) is 0 Å². The average molecular weight is 332 g/mol. The molecule has 5 nitrogen and oxygen atoms in total. The van der Waals surface area contributed by atoms with E-state index in [9.17, 15) is 0 Å². The summed E-state index contributed by atoms with van der Waals surface area (Å²) in [5, 5.41) is 6.91. The van der Waals surface area contributed by atoms with Gasteiger partial charge in [-0.05, 0) is 12.0 Å². The summed E-state index contributed by atoms with van der Waals surface area (Å²) < 4.78 is 5.51. The summed E-state index contributed by atoms with van der Waals surface area (Å²) in [5.74, 6) is 0.889. The second kappa shape index (κ2) is 11.0. The minimum absolute atomic E-state index is 0.337. The Labute approximate surface area is 146 Å². The highest BCUT2D eigenvalue weighted by atomic mass is 16.5. The second-order valence-corrected chi connectivity index (χ2v) is 6.16. The SMILES string of the molecule is CCCCCNC(=NC)NCC(c1ccccc1)N1CCOCC1. The molecule has 0 radical (unpaired) electrons. The predicted octanol–water partition coefficient (Wildman–Crippen LogP) is 2.42. The molecule has 1 heterocycles. The molecule has 2 rings (SSSR count). The maximum atomic E-state index is 5.51. The van der Waals surface area contributed by atoms with Gasteiger partial charge < -0.3 is 15.4 Å². The molecule has 1 atom stereocenters. The maximum absolute atomic E-state index is 5.51. The minimum Gasteiger partial charge on any atom is -0.379 e. The fraction of sp³-hybridized carbons (Fsp3) is 0.632. The van der Waals surface area contributed by atoms with E-state index in [1.165, 1.54) is 24.8 Å². The van der Waals surface area contributed by atoms with Crippen LogP contribution in [0.2, 0.25) is 0 Å². The lowest BCUT2D eigenvalue weighted by atomic mass is 10.0. The number of unbranched alkanes of at least 4 members (excludes halogenated alkanes) is 2. The van der Waals surface area contributed by atoms with Gasteiger partial charge in [-0.2, -0.15) is 0 Å². The Morgan fingerprint density at radius 3 is 2.58 bits per heavy atom. The smallest absolute Gasteiger partial charge is 0.191 e. The van der Waals surface area contributed by atoms with Crippen LogP contribution >= 0.6 is 0 Å². The van der Waals surface area contributed by atoms with Gasteiger partial charge in [0.05, 0.1) is 19.3 Å². The number of morpholine rings is 1. The van der Waals surface area contributed by atoms with E-state index in [4.69, 9.17) is 4.74 Å². The van der Waals surface area contributed by atoms with Gasteiger partial charge in [-0.15, -0.1) is 0 Å². The summed E-state index contributed by atoms with van der Waals surface area (Å²) in [4.78, 5) is 6.84. The summed E-state index contributed by atoms with van der Waals surface area (Å²) in [6, 6.07) is 11.0. The number of benzene rings is 1. The van der Waals surface area contributed by atoms with Crippen molar-refractivity contribution in [3.8, 4) is 0 Å². The molecule has 1 aromatic rings. The lowest BCUT2D eigenvalue weighted by Gasteiger charge is -2.35. The van der Waals surface area contributed by atoms with Crippen LogP contribution in [0.15, 0.2) is 35.3 Å². The molecule has 134 valence electrons. The molecule has 2 N–H and O–H groups in total. The summed E-state index contributed by atoms with van der Waals surface area (Å²) in [5.41, 5.74) is 1.34. The third-order valence-electron chi connectivity index (χ3n) is 4.43. The molecule has 1 aliphatic rings. The average Bonchev–Trinajstić information content (AvgIpc) is 2.65. The molecule has 0 spiro atoms. The number of nitrogens with one attached hydrogen (secondary N) is 2. The van der Waals surface area contributed by atoms with Crippen molar-refractivity contribution in [2.75, 3.05) is 46.4 Å². The van der Waals surface area contributed by atoms with Crippen LogP contribution in [0.5, 0.6) is 0 Å². The first-order valence-corrected chi connectivity index (χ1v) is 9.16. The zero-order chi connectivity index (χ0) is 17.0. The Kier molecular flexibility index (Phi) is 8.63. The van der Waals surface area contributed by atoms with Crippen LogP contribution in [0, 0.1) is 0 Å². The number of ether oxygens (including phenoxy) is 1. The molecular formula is C19H32N4O. The molecule has 5 heteroatoms. The molecule has 0 bridgehead atoms. The molecule has 0 aromatic heterocycles. The number of hydrogen-bond acceptors (Lipinski definition) is 3. The lowest BCUT2D eigenvalue weighted by molar-refractivity contribution is 0.0170. The first-order valence-electron chi connectivity index (χ1n) is 9.16. The third kappa shape index (κ3) is 6.13. The maximum Gasteiger partial charge on any atom is 0.191 e. The molecule has 1 saturated heterocycles. The van der Waals surface area contributed by atoms with Gasteiger partial charge in [0, 0.05) is 33.2 Å². The highest BCUT2D eigenvalue weighted by Crippen LogP contribution is 2.20. The van der Waals surface area contributed by atoms with E-state index in [2.05, 4.69) is 57.8 Å². The van der Waals surface area contributed by atoms with Crippen molar-refractivity contribution in [2.24, 2.45) is 4.99 Å². The zero-order valence-electron chi connectivity index (χ0n) is 15.1. The quantitative estimate of drug-likeness (QED) is 0.436. The Balaban J connectivity index is 1.92. The van der Waals surface area contributed by atoms with Crippen molar-refractivity contribution < 1.29 is 4.74 Å². The van der Waals surface area contributed by atoms with Crippen molar-refractivity contribution in [1.29, 1.82) is 0 Å². The van der Waals surface area contributed by atoms with Crippen molar-refractivity contribution in [3.05, 3.63) is 35.9 Å². The van der Waals surface area contributed by atoms with Gasteiger partial charge in [0.1, 0.15) is 0 Å². The molecule has 0 saturated carbocycles. The van der Waals surface area contributed by atoms with Gasteiger partial charge in [-0.1, -0.05) is 50.1 Å². The van der Waals surface area contributed by atoms with E-state index >= 15 is 0 Å². The van der Waals surface area contributed by atoms with Crippen molar-refractivity contribution in [2.45, 2.75) is 32.2 Å². The third-order valence-corrected chi connectivity index (χ3v) is 4.43. The first-order chi connectivity index (χ1) is 11.8. The molecule has 0 amide bonds. The van der Waals surface area contributed by atoms with Gasteiger partial charge in [-0.25, -0.2) is 0 Å². The largest absolute Gasteiger partial charge is 0.379 e. The van der Waals surface area contributed by atoms with E-state index in [1.807, 2.05) is 7.05 Å². The van der Waals surface area contributed by atoms with E-state index in [0.29, 0.717) is 6.04 Å². The van der Waals surface area contributed by atoms with Gasteiger partial charge in [0.2, 0.25) is 0 Å². The first kappa shape index (κ1) is 18.7. The fourth-order valence-corrected chi connectivity index (χ4v) is 3.02. The minimum atomic E-state index is 0.337. The molecular weight excluding hydrogens is 300 g/mol. The van der Waals surface area contributed by atoms with Crippen LogP contribution in [-0.4, -0.2) is 57.3 Å². The summed E-state index contributed by atoms with van der Waals surface area (Å²) in [6.45, 7) is 7.62. The van der Waals surface area contributed by atoms with Crippen LogP contribution in [0.3, 0.4) is 0 Å². The van der Waals surface area contributed by atoms with Crippen LogP contribution in [-0.2, 0) is 4.74 Å². The Hall–Kier alpha value is -1.59. The summed E-state index contributed by atoms with van der Waals surface area (Å²) >= 11 is 0. The van der Waals surface area contributed by atoms with Crippen molar-refractivity contribution >= 4 is 5.96 Å². The highest BCUT2D eigenvalue weighted by Gasteiger charge is 2.22. The van der Waals surface area contributed by atoms with Gasteiger partial charge in [-0.3, -0.25) is 9.89 Å². The number of guanidine groups is 1. The topological polar surface area (TPSA) is 48.9 Å². The number of rotatable bonds is 8. The van der Waals surface area contributed by atoms with Crippen LogP contribution < -0.4 is 10.6 Å². The normalized spacial score (nSPS) is 17.5. The molecule has 24 heavy (non-hydrogen) atoms.